The van der Waals surface area contributed by atoms with Crippen LogP contribution >= 0.6 is 27.7 Å². The maximum Gasteiger partial charge on any atom is 0.234 e. The first-order chi connectivity index (χ1) is 13.3. The highest BCUT2D eigenvalue weighted by atomic mass is 79.9. The van der Waals surface area contributed by atoms with Gasteiger partial charge in [0, 0.05) is 35.5 Å². The summed E-state index contributed by atoms with van der Waals surface area (Å²) in [6.45, 7) is 2.07. The number of carbonyl (C=O) groups is 1. The topological polar surface area (TPSA) is 69.7 Å². The Morgan fingerprint density at radius 2 is 1.71 bits per heavy atom. The van der Waals surface area contributed by atoms with Crippen molar-refractivity contribution in [1.82, 2.24) is 4.31 Å². The number of anilines is 2. The molecule has 0 saturated carbocycles. The van der Waals surface area contributed by atoms with E-state index in [4.69, 9.17) is 0 Å². The van der Waals surface area contributed by atoms with Crippen molar-refractivity contribution in [2.45, 2.75) is 4.90 Å². The minimum Gasteiger partial charge on any atom is -0.367 e. The molecule has 0 unspecified atom stereocenters. The van der Waals surface area contributed by atoms with E-state index in [-0.39, 0.29) is 5.91 Å². The molecule has 0 radical (unpaired) electrons. The van der Waals surface area contributed by atoms with Crippen molar-refractivity contribution >= 4 is 55.0 Å². The van der Waals surface area contributed by atoms with Gasteiger partial charge in [-0.1, -0.05) is 28.1 Å². The van der Waals surface area contributed by atoms with Gasteiger partial charge >= 0.3 is 0 Å². The fraction of sp³-hybridized carbons (Fsp3) is 0.316. The van der Waals surface area contributed by atoms with E-state index in [2.05, 4.69) is 26.1 Å². The Labute approximate surface area is 178 Å². The molecule has 28 heavy (non-hydrogen) atoms. The summed E-state index contributed by atoms with van der Waals surface area (Å²) in [7, 11) is -3.17. The van der Waals surface area contributed by atoms with E-state index < -0.39 is 10.0 Å². The summed E-state index contributed by atoms with van der Waals surface area (Å²) in [6, 6.07) is 15.5. The first kappa shape index (κ1) is 21.2. The van der Waals surface area contributed by atoms with Crippen LogP contribution in [0.2, 0.25) is 0 Å². The van der Waals surface area contributed by atoms with Crippen LogP contribution in [0.15, 0.2) is 57.9 Å². The molecule has 2 aromatic rings. The zero-order chi connectivity index (χ0) is 20.1. The highest BCUT2D eigenvalue weighted by Gasteiger charge is 2.24. The van der Waals surface area contributed by atoms with Crippen molar-refractivity contribution in [3.8, 4) is 0 Å². The van der Waals surface area contributed by atoms with Gasteiger partial charge in [0.05, 0.1) is 23.4 Å². The third-order valence-corrected chi connectivity index (χ3v) is 7.25. The molecular weight excluding hydrogens is 462 g/mol. The van der Waals surface area contributed by atoms with Gasteiger partial charge in [-0.2, -0.15) is 4.31 Å². The lowest BCUT2D eigenvalue weighted by Crippen LogP contribution is -2.48. The zero-order valence-corrected chi connectivity index (χ0v) is 18.7. The molecule has 0 aliphatic carbocycles. The lowest BCUT2D eigenvalue weighted by atomic mass is 10.2. The summed E-state index contributed by atoms with van der Waals surface area (Å²) in [5, 5.41) is 2.99. The van der Waals surface area contributed by atoms with E-state index in [1.165, 1.54) is 22.3 Å². The second-order valence-electron chi connectivity index (χ2n) is 6.46. The zero-order valence-electron chi connectivity index (χ0n) is 15.5. The highest BCUT2D eigenvalue weighted by Crippen LogP contribution is 2.28. The molecule has 1 aliphatic heterocycles. The molecule has 1 fully saturated rings. The van der Waals surface area contributed by atoms with E-state index in [9.17, 15) is 13.2 Å². The Bertz CT molecular complexity index is 928. The van der Waals surface area contributed by atoms with Crippen molar-refractivity contribution in [3.63, 3.8) is 0 Å². The lowest BCUT2D eigenvalue weighted by molar-refractivity contribution is -0.113. The van der Waals surface area contributed by atoms with Crippen LogP contribution in [0, 0.1) is 0 Å². The molecule has 0 aromatic heterocycles. The molecule has 6 nitrogen and oxygen atoms in total. The number of rotatable bonds is 6. The number of sulfonamides is 1. The number of hydrogen-bond acceptors (Lipinski definition) is 5. The SMILES string of the molecule is CS(=O)(=O)N1CCN(c2ccccc2NC(=O)CSc2ccc(Br)cc2)CC1. The van der Waals surface area contributed by atoms with Crippen molar-refractivity contribution in [1.29, 1.82) is 0 Å². The predicted octanol–water partition coefficient (Wildman–Crippen LogP) is 3.26. The Morgan fingerprint density at radius 1 is 1.07 bits per heavy atom. The smallest absolute Gasteiger partial charge is 0.234 e. The molecule has 0 atom stereocenters. The molecule has 2 aromatic carbocycles. The van der Waals surface area contributed by atoms with Gasteiger partial charge in [-0.15, -0.1) is 11.8 Å². The molecular formula is C19H22BrN3O3S2. The molecule has 9 heteroatoms. The maximum absolute atomic E-state index is 12.4. The van der Waals surface area contributed by atoms with Gasteiger partial charge in [-0.3, -0.25) is 4.79 Å². The average molecular weight is 484 g/mol. The van der Waals surface area contributed by atoms with Crippen LogP contribution in [-0.4, -0.2) is 56.8 Å². The van der Waals surface area contributed by atoms with E-state index in [1.54, 1.807) is 0 Å². The summed E-state index contributed by atoms with van der Waals surface area (Å²) in [5.74, 6) is 0.243. The van der Waals surface area contributed by atoms with Crippen LogP contribution < -0.4 is 10.2 Å². The maximum atomic E-state index is 12.4. The third-order valence-electron chi connectivity index (χ3n) is 4.41. The number of nitrogens with zero attached hydrogens (tertiary/aromatic N) is 2. The van der Waals surface area contributed by atoms with Gasteiger partial charge in [0.2, 0.25) is 15.9 Å². The van der Waals surface area contributed by atoms with Crippen molar-refractivity contribution in [2.24, 2.45) is 0 Å². The van der Waals surface area contributed by atoms with Crippen LogP contribution in [0.5, 0.6) is 0 Å². The van der Waals surface area contributed by atoms with Crippen LogP contribution in [0.25, 0.3) is 0 Å². The van der Waals surface area contributed by atoms with E-state index in [0.717, 1.165) is 20.7 Å². The van der Waals surface area contributed by atoms with Gasteiger partial charge in [0.15, 0.2) is 0 Å². The fourth-order valence-electron chi connectivity index (χ4n) is 2.98. The standard InChI is InChI=1S/C19H22BrN3O3S2/c1-28(25,26)23-12-10-22(11-13-23)18-5-3-2-4-17(18)21-19(24)14-27-16-8-6-15(20)7-9-16/h2-9H,10-14H2,1H3,(H,21,24). The molecule has 1 amide bonds. The van der Waals surface area contributed by atoms with Crippen molar-refractivity contribution in [2.75, 3.05) is 48.4 Å². The first-order valence-electron chi connectivity index (χ1n) is 8.80. The van der Waals surface area contributed by atoms with Crippen molar-refractivity contribution < 1.29 is 13.2 Å². The number of hydrogen-bond donors (Lipinski definition) is 1. The van der Waals surface area contributed by atoms with E-state index in [1.807, 2.05) is 48.5 Å². The van der Waals surface area contributed by atoms with Gasteiger partial charge in [0.25, 0.3) is 0 Å². The Balaban J connectivity index is 1.61. The Kier molecular flexibility index (Phi) is 7.03. The fourth-order valence-corrected chi connectivity index (χ4v) is 4.77. The lowest BCUT2D eigenvalue weighted by Gasteiger charge is -2.35. The number of thioether (sulfide) groups is 1. The molecule has 0 bridgehead atoms. The molecule has 1 aliphatic rings. The van der Waals surface area contributed by atoms with Gasteiger partial charge in [-0.25, -0.2) is 8.42 Å². The van der Waals surface area contributed by atoms with Crippen LogP contribution in [0.3, 0.4) is 0 Å². The predicted molar refractivity (Wildman–Crippen MR) is 119 cm³/mol. The molecule has 1 saturated heterocycles. The summed E-state index contributed by atoms with van der Waals surface area (Å²) in [6.07, 6.45) is 1.24. The quantitative estimate of drug-likeness (QED) is 0.638. The monoisotopic (exact) mass is 483 g/mol. The van der Waals surface area contributed by atoms with E-state index in [0.29, 0.717) is 31.9 Å². The minimum absolute atomic E-state index is 0.0739. The first-order valence-corrected chi connectivity index (χ1v) is 12.4. The molecule has 0 spiro atoms. The van der Waals surface area contributed by atoms with Gasteiger partial charge in [0.1, 0.15) is 0 Å². The Hall–Kier alpha value is -1.55. The third kappa shape index (κ3) is 5.73. The number of para-hydroxylation sites is 2. The van der Waals surface area contributed by atoms with Gasteiger partial charge in [-0.05, 0) is 36.4 Å². The van der Waals surface area contributed by atoms with Crippen molar-refractivity contribution in [3.05, 3.63) is 53.0 Å². The molecule has 150 valence electrons. The van der Waals surface area contributed by atoms with Crippen LogP contribution in [-0.2, 0) is 14.8 Å². The second-order valence-corrected chi connectivity index (χ2v) is 10.4. The van der Waals surface area contributed by atoms with Gasteiger partial charge < -0.3 is 10.2 Å². The summed E-state index contributed by atoms with van der Waals surface area (Å²) in [4.78, 5) is 15.6. The summed E-state index contributed by atoms with van der Waals surface area (Å²) in [5.41, 5.74) is 1.66. The molecule has 3 rings (SSSR count). The normalized spacial score (nSPS) is 15.4. The largest absolute Gasteiger partial charge is 0.367 e. The number of halogens is 1. The molecule has 1 heterocycles. The average Bonchev–Trinajstić information content (AvgIpc) is 2.67. The number of benzene rings is 2. The van der Waals surface area contributed by atoms with Crippen LogP contribution in [0.4, 0.5) is 11.4 Å². The van der Waals surface area contributed by atoms with E-state index >= 15 is 0 Å². The number of amides is 1. The number of carbonyl (C=O) groups excluding carboxylic acids is 1. The number of nitrogens with one attached hydrogen (secondary N) is 1. The molecule has 1 N–H and O–H groups in total. The summed E-state index contributed by atoms with van der Waals surface area (Å²) >= 11 is 4.88. The summed E-state index contributed by atoms with van der Waals surface area (Å²) < 4.78 is 25.9. The Morgan fingerprint density at radius 3 is 2.36 bits per heavy atom. The number of piperazine rings is 1. The second kappa shape index (κ2) is 9.30. The minimum atomic E-state index is -3.17. The van der Waals surface area contributed by atoms with Crippen LogP contribution in [0.1, 0.15) is 0 Å². The highest BCUT2D eigenvalue weighted by molar-refractivity contribution is 9.10.